The maximum absolute atomic E-state index is 10.9. The number of pyridine rings is 1. The molecule has 0 bridgehead atoms. The lowest BCUT2D eigenvalue weighted by Gasteiger charge is -2.07. The van der Waals surface area contributed by atoms with Gasteiger partial charge in [0.25, 0.3) is 5.69 Å². The Labute approximate surface area is 110 Å². The lowest BCUT2D eigenvalue weighted by molar-refractivity contribution is -0.384. The summed E-state index contributed by atoms with van der Waals surface area (Å²) in [7, 11) is -3.01. The van der Waals surface area contributed by atoms with E-state index >= 15 is 0 Å². The Morgan fingerprint density at radius 2 is 2.05 bits per heavy atom. The van der Waals surface area contributed by atoms with Crippen LogP contribution < -0.4 is 16.6 Å². The zero-order chi connectivity index (χ0) is 14.5. The summed E-state index contributed by atoms with van der Waals surface area (Å²) >= 11 is 0. The first kappa shape index (κ1) is 15.1. The lowest BCUT2D eigenvalue weighted by Crippen LogP contribution is -2.13. The van der Waals surface area contributed by atoms with Crippen LogP contribution in [0.1, 0.15) is 6.42 Å². The SMILES string of the molecule is CS(=O)(=O)CCCNc1cc([N+](=O)[O-])cc(NN)n1. The van der Waals surface area contributed by atoms with Crippen LogP contribution in [0, 0.1) is 10.1 Å². The molecule has 0 aromatic carbocycles. The largest absolute Gasteiger partial charge is 0.370 e. The summed E-state index contributed by atoms with van der Waals surface area (Å²) in [4.78, 5) is 14.1. The Hall–Kier alpha value is -1.94. The highest BCUT2D eigenvalue weighted by Crippen LogP contribution is 2.19. The Morgan fingerprint density at radius 1 is 1.42 bits per heavy atom. The standard InChI is InChI=1S/C9H15N5O4S/c1-19(17,18)4-2-3-11-8-5-7(14(15)16)6-9(12-8)13-10/h5-6H,2-4,10H2,1H3,(H2,11,12,13). The van der Waals surface area contributed by atoms with Gasteiger partial charge in [0, 0.05) is 12.8 Å². The summed E-state index contributed by atoms with van der Waals surface area (Å²) < 4.78 is 21.9. The van der Waals surface area contributed by atoms with E-state index in [4.69, 9.17) is 5.84 Å². The fourth-order valence-electron chi connectivity index (χ4n) is 1.34. The van der Waals surface area contributed by atoms with Gasteiger partial charge >= 0.3 is 0 Å². The van der Waals surface area contributed by atoms with Gasteiger partial charge in [0.05, 0.1) is 22.8 Å². The van der Waals surface area contributed by atoms with E-state index in [1.54, 1.807) is 0 Å². The number of anilines is 2. The highest BCUT2D eigenvalue weighted by Gasteiger charge is 2.10. The molecule has 0 fully saturated rings. The highest BCUT2D eigenvalue weighted by molar-refractivity contribution is 7.90. The Balaban J connectivity index is 2.67. The molecule has 0 spiro atoms. The van der Waals surface area contributed by atoms with Crippen molar-refractivity contribution in [1.82, 2.24) is 4.98 Å². The fraction of sp³-hybridized carbons (Fsp3) is 0.444. The third-order valence-corrected chi connectivity index (χ3v) is 3.20. The summed E-state index contributed by atoms with van der Waals surface area (Å²) in [6.45, 7) is 0.339. The fourth-order valence-corrected chi connectivity index (χ4v) is 2.01. The zero-order valence-corrected chi connectivity index (χ0v) is 11.1. The van der Waals surface area contributed by atoms with Crippen molar-refractivity contribution < 1.29 is 13.3 Å². The average molecular weight is 289 g/mol. The molecule has 1 rings (SSSR count). The molecule has 1 aromatic heterocycles. The summed E-state index contributed by atoms with van der Waals surface area (Å²) in [6, 6.07) is 2.45. The van der Waals surface area contributed by atoms with Crippen LogP contribution in [0.25, 0.3) is 0 Å². The van der Waals surface area contributed by atoms with Gasteiger partial charge in [0.1, 0.15) is 21.5 Å². The van der Waals surface area contributed by atoms with Gasteiger partial charge in [-0.05, 0) is 6.42 Å². The quantitative estimate of drug-likeness (QED) is 0.278. The van der Waals surface area contributed by atoms with Crippen LogP contribution >= 0.6 is 0 Å². The van der Waals surface area contributed by atoms with Crippen LogP contribution in [0.4, 0.5) is 17.3 Å². The number of hydrogen-bond donors (Lipinski definition) is 3. The molecule has 0 amide bonds. The molecule has 0 unspecified atom stereocenters. The van der Waals surface area contributed by atoms with E-state index in [-0.39, 0.29) is 23.1 Å². The van der Waals surface area contributed by atoms with E-state index in [2.05, 4.69) is 15.7 Å². The van der Waals surface area contributed by atoms with E-state index in [1.165, 1.54) is 12.1 Å². The van der Waals surface area contributed by atoms with Gasteiger partial charge in [-0.1, -0.05) is 0 Å². The summed E-state index contributed by atoms with van der Waals surface area (Å²) in [5, 5.41) is 13.5. The van der Waals surface area contributed by atoms with Crippen LogP contribution in [0.5, 0.6) is 0 Å². The second-order valence-corrected chi connectivity index (χ2v) is 6.17. The maximum Gasteiger partial charge on any atom is 0.276 e. The summed E-state index contributed by atoms with van der Waals surface area (Å²) in [5.74, 6) is 5.61. The van der Waals surface area contributed by atoms with Crippen molar-refractivity contribution in [2.75, 3.05) is 29.3 Å². The minimum atomic E-state index is -3.01. The maximum atomic E-state index is 10.9. The molecule has 10 heteroatoms. The van der Waals surface area contributed by atoms with Gasteiger partial charge in [0.15, 0.2) is 0 Å². The molecule has 1 aromatic rings. The van der Waals surface area contributed by atoms with Gasteiger partial charge < -0.3 is 10.7 Å². The normalized spacial score (nSPS) is 11.1. The highest BCUT2D eigenvalue weighted by atomic mass is 32.2. The summed E-state index contributed by atoms with van der Waals surface area (Å²) in [5.41, 5.74) is 2.07. The van der Waals surface area contributed by atoms with Gasteiger partial charge in [-0.25, -0.2) is 19.2 Å². The van der Waals surface area contributed by atoms with E-state index in [0.29, 0.717) is 13.0 Å². The number of aromatic nitrogens is 1. The molecule has 0 atom stereocenters. The van der Waals surface area contributed by atoms with E-state index in [1.807, 2.05) is 0 Å². The minimum Gasteiger partial charge on any atom is -0.370 e. The predicted octanol–water partition coefficient (Wildman–Crippen LogP) is 0.122. The molecule has 0 aliphatic rings. The molecule has 0 aliphatic carbocycles. The predicted molar refractivity (Wildman–Crippen MR) is 71.5 cm³/mol. The van der Waals surface area contributed by atoms with E-state index in [9.17, 15) is 18.5 Å². The number of nitrogen functional groups attached to an aromatic ring is 1. The number of hydrazine groups is 1. The molecular weight excluding hydrogens is 274 g/mol. The van der Waals surface area contributed by atoms with Crippen LogP contribution in [-0.4, -0.2) is 36.9 Å². The number of nitrogens with zero attached hydrogens (tertiary/aromatic N) is 2. The number of nitrogens with two attached hydrogens (primary N) is 1. The first-order chi connectivity index (χ1) is 8.81. The van der Waals surface area contributed by atoms with Crippen molar-refractivity contribution in [2.24, 2.45) is 5.84 Å². The van der Waals surface area contributed by atoms with Gasteiger partial charge in [-0.3, -0.25) is 10.1 Å². The number of hydrogen-bond acceptors (Lipinski definition) is 8. The molecular formula is C9H15N5O4S. The summed E-state index contributed by atoms with van der Waals surface area (Å²) in [6.07, 6.45) is 1.53. The van der Waals surface area contributed by atoms with Crippen molar-refractivity contribution in [3.05, 3.63) is 22.2 Å². The van der Waals surface area contributed by atoms with Crippen molar-refractivity contribution in [1.29, 1.82) is 0 Å². The molecule has 0 radical (unpaired) electrons. The molecule has 4 N–H and O–H groups in total. The number of sulfone groups is 1. The second kappa shape index (κ2) is 6.29. The first-order valence-corrected chi connectivity index (χ1v) is 7.42. The first-order valence-electron chi connectivity index (χ1n) is 5.36. The minimum absolute atomic E-state index is 0.0386. The van der Waals surface area contributed by atoms with Gasteiger partial charge in [-0.15, -0.1) is 0 Å². The van der Waals surface area contributed by atoms with Crippen LogP contribution in [0.15, 0.2) is 12.1 Å². The Morgan fingerprint density at radius 3 is 2.58 bits per heavy atom. The number of rotatable bonds is 7. The Bertz CT molecular complexity index is 560. The Kier molecular flexibility index (Phi) is 5.01. The molecule has 19 heavy (non-hydrogen) atoms. The molecule has 9 nitrogen and oxygen atoms in total. The number of nitro groups is 1. The smallest absolute Gasteiger partial charge is 0.276 e. The molecule has 0 aliphatic heterocycles. The van der Waals surface area contributed by atoms with E-state index < -0.39 is 14.8 Å². The van der Waals surface area contributed by atoms with Crippen molar-refractivity contribution in [2.45, 2.75) is 6.42 Å². The van der Waals surface area contributed by atoms with Crippen molar-refractivity contribution in [3.63, 3.8) is 0 Å². The second-order valence-electron chi connectivity index (χ2n) is 3.91. The van der Waals surface area contributed by atoms with Gasteiger partial charge in [0.2, 0.25) is 0 Å². The average Bonchev–Trinajstić information content (AvgIpc) is 2.33. The monoisotopic (exact) mass is 289 g/mol. The van der Waals surface area contributed by atoms with Crippen molar-refractivity contribution >= 4 is 27.2 Å². The third kappa shape index (κ3) is 5.48. The molecule has 106 valence electrons. The molecule has 0 saturated carbocycles. The third-order valence-electron chi connectivity index (χ3n) is 2.17. The van der Waals surface area contributed by atoms with Crippen LogP contribution in [-0.2, 0) is 9.84 Å². The van der Waals surface area contributed by atoms with E-state index in [0.717, 1.165) is 6.26 Å². The van der Waals surface area contributed by atoms with Crippen LogP contribution in [0.3, 0.4) is 0 Å². The van der Waals surface area contributed by atoms with Crippen molar-refractivity contribution in [3.8, 4) is 0 Å². The van der Waals surface area contributed by atoms with Gasteiger partial charge in [-0.2, -0.15) is 0 Å². The molecule has 0 saturated heterocycles. The topological polar surface area (TPSA) is 140 Å². The van der Waals surface area contributed by atoms with Crippen LogP contribution in [0.2, 0.25) is 0 Å². The molecule has 1 heterocycles. The zero-order valence-electron chi connectivity index (χ0n) is 10.3. The number of nitrogens with one attached hydrogen (secondary N) is 2. The lowest BCUT2D eigenvalue weighted by atomic mass is 10.3.